The molecule has 2 amide bonds. The van der Waals surface area contributed by atoms with Crippen LogP contribution in [-0.2, 0) is 25.8 Å². The Morgan fingerprint density at radius 1 is 1.27 bits per heavy atom. The zero-order valence-corrected chi connectivity index (χ0v) is 13.5. The predicted molar refractivity (Wildman–Crippen MR) is 84.3 cm³/mol. The molecule has 1 N–H and O–H groups in total. The van der Waals surface area contributed by atoms with Crippen molar-refractivity contribution in [2.75, 3.05) is 23.9 Å². The lowest BCUT2D eigenvalue weighted by atomic mass is 10.1. The third-order valence-corrected chi connectivity index (χ3v) is 5.64. The van der Waals surface area contributed by atoms with Gasteiger partial charge in [0, 0.05) is 18.8 Å². The van der Waals surface area contributed by atoms with Crippen LogP contribution in [0.2, 0.25) is 0 Å². The summed E-state index contributed by atoms with van der Waals surface area (Å²) in [5.41, 5.74) is 1.68. The van der Waals surface area contributed by atoms with Gasteiger partial charge in [0.25, 0.3) is 0 Å². The first kappa shape index (κ1) is 16.5. The fourth-order valence-electron chi connectivity index (χ4n) is 2.42. The maximum absolute atomic E-state index is 12.1. The van der Waals surface area contributed by atoms with Gasteiger partial charge < -0.3 is 10.2 Å². The number of nitrogens with one attached hydrogen (secondary N) is 1. The highest BCUT2D eigenvalue weighted by atomic mass is 32.2. The van der Waals surface area contributed by atoms with E-state index < -0.39 is 27.7 Å². The molecule has 7 heteroatoms. The number of anilines is 1. The molecular formula is C15H20N2O4S. The van der Waals surface area contributed by atoms with Gasteiger partial charge in [-0.1, -0.05) is 19.1 Å². The molecule has 1 aliphatic rings. The van der Waals surface area contributed by atoms with Gasteiger partial charge in [-0.2, -0.15) is 0 Å². The fraction of sp³-hybridized carbons (Fsp3) is 0.467. The average molecular weight is 324 g/mol. The van der Waals surface area contributed by atoms with Crippen LogP contribution < -0.4 is 5.32 Å². The van der Waals surface area contributed by atoms with E-state index in [0.29, 0.717) is 12.1 Å². The number of amides is 2. The Labute approximate surface area is 130 Å². The first-order valence-electron chi connectivity index (χ1n) is 7.20. The number of likely N-dealkylation sites (N-methyl/N-ethyl adjacent to an activating group) is 1. The third-order valence-electron chi connectivity index (χ3n) is 3.89. The molecule has 0 saturated carbocycles. The molecule has 1 aliphatic heterocycles. The van der Waals surface area contributed by atoms with E-state index in [1.807, 2.05) is 19.1 Å². The highest BCUT2D eigenvalue weighted by Gasteiger charge is 2.34. The molecule has 0 bridgehead atoms. The van der Waals surface area contributed by atoms with Crippen LogP contribution in [0.1, 0.15) is 18.9 Å². The van der Waals surface area contributed by atoms with Gasteiger partial charge in [0.05, 0.1) is 11.5 Å². The number of nitrogens with zero attached hydrogens (tertiary/aromatic N) is 1. The molecule has 6 nitrogen and oxygen atoms in total. The van der Waals surface area contributed by atoms with Gasteiger partial charge in [-0.25, -0.2) is 8.42 Å². The topological polar surface area (TPSA) is 83.6 Å². The van der Waals surface area contributed by atoms with Crippen LogP contribution >= 0.6 is 0 Å². The van der Waals surface area contributed by atoms with Crippen LogP contribution in [0.25, 0.3) is 0 Å². The van der Waals surface area contributed by atoms with Crippen molar-refractivity contribution >= 4 is 27.3 Å². The van der Waals surface area contributed by atoms with Gasteiger partial charge in [-0.05, 0) is 30.5 Å². The van der Waals surface area contributed by atoms with Gasteiger partial charge in [0.15, 0.2) is 9.84 Å². The Morgan fingerprint density at radius 3 is 2.41 bits per heavy atom. The molecule has 2 rings (SSSR count). The highest BCUT2D eigenvalue weighted by Crippen LogP contribution is 2.17. The van der Waals surface area contributed by atoms with E-state index in [1.165, 1.54) is 11.9 Å². The van der Waals surface area contributed by atoms with E-state index in [-0.39, 0.29) is 11.5 Å². The van der Waals surface area contributed by atoms with Crippen molar-refractivity contribution in [2.45, 2.75) is 25.8 Å². The van der Waals surface area contributed by atoms with Crippen LogP contribution in [-0.4, -0.2) is 49.7 Å². The molecule has 120 valence electrons. The highest BCUT2D eigenvalue weighted by molar-refractivity contribution is 7.91. The van der Waals surface area contributed by atoms with E-state index in [1.54, 1.807) is 12.1 Å². The van der Waals surface area contributed by atoms with Crippen molar-refractivity contribution in [3.8, 4) is 0 Å². The fourth-order valence-corrected chi connectivity index (χ4v) is 4.19. The number of sulfone groups is 1. The molecule has 1 aromatic carbocycles. The smallest absolute Gasteiger partial charge is 0.313 e. The summed E-state index contributed by atoms with van der Waals surface area (Å²) < 4.78 is 22.9. The van der Waals surface area contributed by atoms with E-state index in [2.05, 4.69) is 5.32 Å². The van der Waals surface area contributed by atoms with E-state index in [4.69, 9.17) is 0 Å². The molecule has 0 aliphatic carbocycles. The lowest BCUT2D eigenvalue weighted by Gasteiger charge is -2.22. The Morgan fingerprint density at radius 2 is 1.91 bits per heavy atom. The van der Waals surface area contributed by atoms with Gasteiger partial charge in [0.1, 0.15) is 0 Å². The lowest BCUT2D eigenvalue weighted by molar-refractivity contribution is -0.143. The number of hydrogen-bond acceptors (Lipinski definition) is 4. The van der Waals surface area contributed by atoms with Crippen molar-refractivity contribution < 1.29 is 18.0 Å². The second kappa shape index (κ2) is 6.48. The van der Waals surface area contributed by atoms with E-state index >= 15 is 0 Å². The quantitative estimate of drug-likeness (QED) is 0.835. The molecule has 0 radical (unpaired) electrons. The number of carbonyl (C=O) groups is 2. The van der Waals surface area contributed by atoms with Crippen molar-refractivity contribution in [3.05, 3.63) is 29.8 Å². The first-order chi connectivity index (χ1) is 10.3. The maximum Gasteiger partial charge on any atom is 0.313 e. The molecule has 22 heavy (non-hydrogen) atoms. The van der Waals surface area contributed by atoms with E-state index in [0.717, 1.165) is 12.0 Å². The number of hydrogen-bond donors (Lipinski definition) is 1. The summed E-state index contributed by atoms with van der Waals surface area (Å²) in [7, 11) is -1.63. The largest absolute Gasteiger partial charge is 0.333 e. The van der Waals surface area contributed by atoms with Crippen LogP contribution in [0.5, 0.6) is 0 Å². The van der Waals surface area contributed by atoms with Crippen molar-refractivity contribution in [1.29, 1.82) is 0 Å². The number of carbonyl (C=O) groups excluding carboxylic acids is 2. The van der Waals surface area contributed by atoms with Gasteiger partial charge >= 0.3 is 11.8 Å². The molecule has 1 heterocycles. The van der Waals surface area contributed by atoms with Gasteiger partial charge in [-0.3, -0.25) is 9.59 Å². The monoisotopic (exact) mass is 324 g/mol. The van der Waals surface area contributed by atoms with Crippen LogP contribution in [0, 0.1) is 0 Å². The molecule has 1 fully saturated rings. The minimum atomic E-state index is -3.09. The van der Waals surface area contributed by atoms with Crippen LogP contribution in [0.15, 0.2) is 24.3 Å². The molecule has 1 aromatic rings. The summed E-state index contributed by atoms with van der Waals surface area (Å²) in [4.78, 5) is 25.3. The molecular weight excluding hydrogens is 304 g/mol. The predicted octanol–water partition coefficient (Wildman–Crippen LogP) is 0.833. The van der Waals surface area contributed by atoms with E-state index in [9.17, 15) is 18.0 Å². The summed E-state index contributed by atoms with van der Waals surface area (Å²) in [5, 5.41) is 2.54. The second-order valence-electron chi connectivity index (χ2n) is 5.48. The average Bonchev–Trinajstić information content (AvgIpc) is 2.86. The number of rotatable bonds is 3. The number of benzene rings is 1. The van der Waals surface area contributed by atoms with Crippen LogP contribution in [0.3, 0.4) is 0 Å². The third kappa shape index (κ3) is 3.85. The number of aryl methyl sites for hydroxylation is 1. The summed E-state index contributed by atoms with van der Waals surface area (Å²) in [6.07, 6.45) is 1.27. The Kier molecular flexibility index (Phi) is 4.85. The standard InChI is InChI=1S/C15H20N2O4S/c1-3-11-4-6-12(7-5-11)16-14(18)15(19)17(2)13-8-9-22(20,21)10-13/h4-7,13H,3,8-10H2,1-2H3,(H,16,18). The summed E-state index contributed by atoms with van der Waals surface area (Å²) in [5.74, 6) is -1.49. The molecule has 0 spiro atoms. The minimum Gasteiger partial charge on any atom is -0.333 e. The summed E-state index contributed by atoms with van der Waals surface area (Å²) >= 11 is 0. The summed E-state index contributed by atoms with van der Waals surface area (Å²) in [6, 6.07) is 6.82. The summed E-state index contributed by atoms with van der Waals surface area (Å²) in [6.45, 7) is 2.03. The molecule has 1 atom stereocenters. The Hall–Kier alpha value is -1.89. The zero-order chi connectivity index (χ0) is 16.3. The Balaban J connectivity index is 1.98. The van der Waals surface area contributed by atoms with Crippen molar-refractivity contribution in [3.63, 3.8) is 0 Å². The van der Waals surface area contributed by atoms with Gasteiger partial charge in [0.2, 0.25) is 0 Å². The molecule has 1 saturated heterocycles. The second-order valence-corrected chi connectivity index (χ2v) is 7.71. The first-order valence-corrected chi connectivity index (χ1v) is 9.02. The zero-order valence-electron chi connectivity index (χ0n) is 12.7. The molecule has 1 unspecified atom stereocenters. The SMILES string of the molecule is CCc1ccc(NC(=O)C(=O)N(C)C2CCS(=O)(=O)C2)cc1. The van der Waals surface area contributed by atoms with Crippen LogP contribution in [0.4, 0.5) is 5.69 Å². The Bertz CT molecular complexity index is 667. The lowest BCUT2D eigenvalue weighted by Crippen LogP contribution is -2.43. The van der Waals surface area contributed by atoms with Gasteiger partial charge in [-0.15, -0.1) is 0 Å². The molecule has 0 aromatic heterocycles. The normalized spacial score (nSPS) is 19.6. The maximum atomic E-state index is 12.1. The minimum absolute atomic E-state index is 0.0649. The van der Waals surface area contributed by atoms with Crippen molar-refractivity contribution in [1.82, 2.24) is 4.90 Å². The van der Waals surface area contributed by atoms with Crippen molar-refractivity contribution in [2.24, 2.45) is 0 Å².